The third kappa shape index (κ3) is 5.23. The van der Waals surface area contributed by atoms with Crippen LogP contribution in [0.4, 0.5) is 0 Å². The molecule has 5 heteroatoms. The van der Waals surface area contributed by atoms with Crippen LogP contribution in [0.1, 0.15) is 38.7 Å². The van der Waals surface area contributed by atoms with E-state index >= 15 is 0 Å². The first-order valence-corrected chi connectivity index (χ1v) is 8.80. The van der Waals surface area contributed by atoms with Gasteiger partial charge in [0.15, 0.2) is 0 Å². The van der Waals surface area contributed by atoms with Gasteiger partial charge in [0, 0.05) is 6.54 Å². The van der Waals surface area contributed by atoms with Crippen molar-refractivity contribution in [3.8, 4) is 0 Å². The van der Waals surface area contributed by atoms with Crippen LogP contribution in [0.15, 0.2) is 29.2 Å². The topological polar surface area (TPSA) is 72.2 Å². The monoisotopic (exact) mass is 298 g/mol. The summed E-state index contributed by atoms with van der Waals surface area (Å²) in [6.07, 6.45) is 3.77. The summed E-state index contributed by atoms with van der Waals surface area (Å²) in [7, 11) is -3.39. The smallest absolute Gasteiger partial charge is 0.240 e. The standard InChI is InChI=1S/C15H26N2O2S/c1-3-13(4-2)12-17-20(18,19)15-9-7-14(8-10-15)6-5-11-16/h7-10,13,17H,3-6,11-12,16H2,1-2H3. The molecular weight excluding hydrogens is 272 g/mol. The molecule has 1 rings (SSSR count). The largest absolute Gasteiger partial charge is 0.330 e. The van der Waals surface area contributed by atoms with Crippen LogP contribution in [0.5, 0.6) is 0 Å². The summed E-state index contributed by atoms with van der Waals surface area (Å²) in [5, 5.41) is 0. The van der Waals surface area contributed by atoms with E-state index in [-0.39, 0.29) is 0 Å². The average Bonchev–Trinajstić information content (AvgIpc) is 2.46. The molecule has 1 aromatic carbocycles. The third-order valence-corrected chi connectivity index (χ3v) is 5.06. The van der Waals surface area contributed by atoms with Crippen LogP contribution in [-0.4, -0.2) is 21.5 Å². The molecule has 1 aromatic rings. The number of aryl methyl sites for hydroxylation is 1. The molecule has 0 unspecified atom stereocenters. The quantitative estimate of drug-likeness (QED) is 0.734. The Kier molecular flexibility index (Phi) is 7.19. The molecule has 0 amide bonds. The Morgan fingerprint density at radius 3 is 2.25 bits per heavy atom. The first-order valence-electron chi connectivity index (χ1n) is 7.32. The maximum absolute atomic E-state index is 12.2. The fraction of sp³-hybridized carbons (Fsp3) is 0.600. The van der Waals surface area contributed by atoms with Gasteiger partial charge in [-0.15, -0.1) is 0 Å². The zero-order chi connectivity index (χ0) is 15.0. The van der Waals surface area contributed by atoms with Gasteiger partial charge >= 0.3 is 0 Å². The molecule has 0 atom stereocenters. The SMILES string of the molecule is CCC(CC)CNS(=O)(=O)c1ccc(CCCN)cc1. The van der Waals surface area contributed by atoms with Crippen molar-refractivity contribution in [1.29, 1.82) is 0 Å². The van der Waals surface area contributed by atoms with Crippen molar-refractivity contribution in [2.24, 2.45) is 11.7 Å². The van der Waals surface area contributed by atoms with Crippen molar-refractivity contribution in [3.05, 3.63) is 29.8 Å². The molecule has 0 aromatic heterocycles. The first-order chi connectivity index (χ1) is 9.53. The molecule has 0 bridgehead atoms. The number of benzene rings is 1. The lowest BCUT2D eigenvalue weighted by atomic mass is 10.0. The predicted octanol–water partition coefficient (Wildman–Crippen LogP) is 2.29. The fourth-order valence-electron chi connectivity index (χ4n) is 2.03. The van der Waals surface area contributed by atoms with E-state index in [1.165, 1.54) is 0 Å². The number of hydrogen-bond acceptors (Lipinski definition) is 3. The fourth-order valence-corrected chi connectivity index (χ4v) is 3.15. The molecular formula is C15H26N2O2S. The minimum atomic E-state index is -3.39. The van der Waals surface area contributed by atoms with Crippen LogP contribution in [0.25, 0.3) is 0 Å². The lowest BCUT2D eigenvalue weighted by molar-refractivity contribution is 0.479. The van der Waals surface area contributed by atoms with E-state index < -0.39 is 10.0 Å². The molecule has 0 aliphatic rings. The van der Waals surface area contributed by atoms with Gasteiger partial charge in [-0.3, -0.25) is 0 Å². The van der Waals surface area contributed by atoms with E-state index in [0.717, 1.165) is 31.2 Å². The molecule has 114 valence electrons. The first kappa shape index (κ1) is 17.1. The van der Waals surface area contributed by atoms with E-state index in [4.69, 9.17) is 5.73 Å². The van der Waals surface area contributed by atoms with Gasteiger partial charge in [-0.2, -0.15) is 0 Å². The van der Waals surface area contributed by atoms with Crippen LogP contribution in [0.3, 0.4) is 0 Å². The highest BCUT2D eigenvalue weighted by Crippen LogP contribution is 2.13. The van der Waals surface area contributed by atoms with Crippen molar-refractivity contribution in [1.82, 2.24) is 4.72 Å². The Morgan fingerprint density at radius 2 is 1.75 bits per heavy atom. The van der Waals surface area contributed by atoms with Gasteiger partial charge in [-0.25, -0.2) is 13.1 Å². The molecule has 0 heterocycles. The summed E-state index contributed by atoms with van der Waals surface area (Å²) < 4.78 is 27.0. The molecule has 0 saturated carbocycles. The second kappa shape index (κ2) is 8.39. The highest BCUT2D eigenvalue weighted by molar-refractivity contribution is 7.89. The van der Waals surface area contributed by atoms with E-state index in [1.807, 2.05) is 12.1 Å². The molecule has 20 heavy (non-hydrogen) atoms. The predicted molar refractivity (Wildman–Crippen MR) is 83.1 cm³/mol. The molecule has 0 aliphatic carbocycles. The summed E-state index contributed by atoms with van der Waals surface area (Å²) in [6, 6.07) is 7.06. The summed E-state index contributed by atoms with van der Waals surface area (Å²) in [6.45, 7) is 5.31. The van der Waals surface area contributed by atoms with E-state index in [2.05, 4.69) is 18.6 Å². The van der Waals surface area contributed by atoms with E-state index in [1.54, 1.807) is 12.1 Å². The summed E-state index contributed by atoms with van der Waals surface area (Å²) in [5.74, 6) is 0.397. The van der Waals surface area contributed by atoms with Crippen molar-refractivity contribution >= 4 is 10.0 Å². The van der Waals surface area contributed by atoms with Crippen molar-refractivity contribution in [2.45, 2.75) is 44.4 Å². The maximum Gasteiger partial charge on any atom is 0.240 e. The minimum Gasteiger partial charge on any atom is -0.330 e. The van der Waals surface area contributed by atoms with E-state index in [9.17, 15) is 8.42 Å². The molecule has 0 saturated heterocycles. The van der Waals surface area contributed by atoms with Gasteiger partial charge in [-0.1, -0.05) is 38.8 Å². The highest BCUT2D eigenvalue weighted by Gasteiger charge is 2.15. The second-order valence-corrected chi connectivity index (χ2v) is 6.84. The Hall–Kier alpha value is -0.910. The molecule has 0 spiro atoms. The van der Waals surface area contributed by atoms with Crippen LogP contribution in [-0.2, 0) is 16.4 Å². The van der Waals surface area contributed by atoms with Crippen molar-refractivity contribution in [2.75, 3.05) is 13.1 Å². The Labute approximate surface area is 122 Å². The lowest BCUT2D eigenvalue weighted by Gasteiger charge is -2.13. The average molecular weight is 298 g/mol. The van der Waals surface area contributed by atoms with Crippen molar-refractivity contribution in [3.63, 3.8) is 0 Å². The van der Waals surface area contributed by atoms with Gasteiger partial charge in [-0.05, 0) is 43.0 Å². The van der Waals surface area contributed by atoms with Gasteiger partial charge in [0.2, 0.25) is 10.0 Å². The Balaban J connectivity index is 2.67. The number of rotatable bonds is 9. The highest BCUT2D eigenvalue weighted by atomic mass is 32.2. The molecule has 4 nitrogen and oxygen atoms in total. The molecule has 0 aliphatic heterocycles. The molecule has 3 N–H and O–H groups in total. The summed E-state index contributed by atoms with van der Waals surface area (Å²) in [5.41, 5.74) is 6.58. The van der Waals surface area contributed by atoms with Crippen LogP contribution >= 0.6 is 0 Å². The van der Waals surface area contributed by atoms with Crippen LogP contribution in [0.2, 0.25) is 0 Å². The lowest BCUT2D eigenvalue weighted by Crippen LogP contribution is -2.29. The van der Waals surface area contributed by atoms with Gasteiger partial charge in [0.05, 0.1) is 4.90 Å². The van der Waals surface area contributed by atoms with Gasteiger partial charge < -0.3 is 5.73 Å². The van der Waals surface area contributed by atoms with Gasteiger partial charge in [0.25, 0.3) is 0 Å². The maximum atomic E-state index is 12.2. The van der Waals surface area contributed by atoms with Gasteiger partial charge in [0.1, 0.15) is 0 Å². The number of hydrogen-bond donors (Lipinski definition) is 2. The second-order valence-electron chi connectivity index (χ2n) is 5.07. The summed E-state index contributed by atoms with van der Waals surface area (Å²) in [4.78, 5) is 0.333. The number of nitrogens with two attached hydrogens (primary N) is 1. The number of nitrogens with one attached hydrogen (secondary N) is 1. The van der Waals surface area contributed by atoms with Crippen LogP contribution < -0.4 is 10.5 Å². The zero-order valence-corrected chi connectivity index (χ0v) is 13.2. The normalized spacial score (nSPS) is 12.0. The minimum absolute atomic E-state index is 0.333. The zero-order valence-electron chi connectivity index (χ0n) is 12.4. The Morgan fingerprint density at radius 1 is 1.15 bits per heavy atom. The van der Waals surface area contributed by atoms with Crippen LogP contribution in [0, 0.1) is 5.92 Å². The third-order valence-electron chi connectivity index (χ3n) is 3.62. The number of sulfonamides is 1. The van der Waals surface area contributed by atoms with Crippen molar-refractivity contribution < 1.29 is 8.42 Å². The van der Waals surface area contributed by atoms with E-state index in [0.29, 0.717) is 23.9 Å². The molecule has 0 radical (unpaired) electrons. The Bertz CT molecular complexity index is 479. The molecule has 0 fully saturated rings. The summed E-state index contributed by atoms with van der Waals surface area (Å²) >= 11 is 0.